The summed E-state index contributed by atoms with van der Waals surface area (Å²) in [5.74, 6) is 1.82. The first kappa shape index (κ1) is 14.1. The van der Waals surface area contributed by atoms with Gasteiger partial charge in [0.1, 0.15) is 11.6 Å². The van der Waals surface area contributed by atoms with Crippen LogP contribution in [0, 0.1) is 5.41 Å². The van der Waals surface area contributed by atoms with Crippen molar-refractivity contribution in [1.29, 1.82) is 0 Å². The van der Waals surface area contributed by atoms with Crippen LogP contribution in [-0.2, 0) is 4.74 Å². The van der Waals surface area contributed by atoms with E-state index < -0.39 is 0 Å². The number of anilines is 1. The van der Waals surface area contributed by atoms with Crippen LogP contribution in [0.4, 0.5) is 5.82 Å². The summed E-state index contributed by atoms with van der Waals surface area (Å²) in [5.41, 5.74) is 0.286. The lowest BCUT2D eigenvalue weighted by atomic mass is 9.82. The van der Waals surface area contributed by atoms with E-state index in [1.54, 1.807) is 7.11 Å². The molecule has 1 aromatic heterocycles. The monoisotopic (exact) mass is 286 g/mol. The van der Waals surface area contributed by atoms with Crippen molar-refractivity contribution in [2.24, 2.45) is 5.41 Å². The van der Waals surface area contributed by atoms with Crippen LogP contribution in [-0.4, -0.2) is 31.9 Å². The van der Waals surface area contributed by atoms with Crippen LogP contribution in [0.5, 0.6) is 5.75 Å². The van der Waals surface area contributed by atoms with E-state index in [0.717, 1.165) is 54.9 Å². The molecule has 0 radical (unpaired) electrons. The van der Waals surface area contributed by atoms with E-state index >= 15 is 0 Å². The highest BCUT2D eigenvalue weighted by atomic mass is 16.5. The van der Waals surface area contributed by atoms with E-state index in [0.29, 0.717) is 0 Å². The molecule has 2 aromatic rings. The second kappa shape index (κ2) is 5.90. The van der Waals surface area contributed by atoms with Gasteiger partial charge in [-0.1, -0.05) is 6.92 Å². The van der Waals surface area contributed by atoms with Crippen LogP contribution < -0.4 is 10.1 Å². The number of methoxy groups -OCH3 is 1. The predicted molar refractivity (Wildman–Crippen MR) is 84.9 cm³/mol. The lowest BCUT2D eigenvalue weighted by Gasteiger charge is -2.33. The normalized spacial score (nSPS) is 17.6. The molecule has 0 saturated carbocycles. The number of fused-ring (bicyclic) bond motifs is 1. The van der Waals surface area contributed by atoms with Crippen LogP contribution in [0.3, 0.4) is 0 Å². The number of ether oxygens (including phenoxy) is 2. The number of hydrogen-bond acceptors (Lipinski definition) is 4. The molecule has 1 aromatic carbocycles. The molecule has 3 rings (SSSR count). The molecule has 0 aliphatic carbocycles. The summed E-state index contributed by atoms with van der Waals surface area (Å²) in [6.07, 6.45) is 4.04. The Labute approximate surface area is 125 Å². The van der Waals surface area contributed by atoms with Gasteiger partial charge in [-0.2, -0.15) is 0 Å². The first-order valence-electron chi connectivity index (χ1n) is 7.45. The smallest absolute Gasteiger partial charge is 0.133 e. The molecule has 4 heteroatoms. The van der Waals surface area contributed by atoms with Crippen molar-refractivity contribution in [3.05, 3.63) is 30.5 Å². The Hall–Kier alpha value is -1.81. The maximum absolute atomic E-state index is 5.46. The molecule has 21 heavy (non-hydrogen) atoms. The van der Waals surface area contributed by atoms with Crippen molar-refractivity contribution < 1.29 is 9.47 Å². The highest BCUT2D eigenvalue weighted by Gasteiger charge is 2.27. The SMILES string of the molecule is COc1ccc2c(NCC3(C)CCOCC3)nccc2c1. The Balaban J connectivity index is 1.80. The fourth-order valence-corrected chi connectivity index (χ4v) is 2.76. The van der Waals surface area contributed by atoms with Crippen molar-refractivity contribution in [2.75, 3.05) is 32.2 Å². The molecule has 0 spiro atoms. The average molecular weight is 286 g/mol. The summed E-state index contributed by atoms with van der Waals surface area (Å²) < 4.78 is 10.7. The van der Waals surface area contributed by atoms with Crippen LogP contribution in [0.25, 0.3) is 10.8 Å². The van der Waals surface area contributed by atoms with Crippen molar-refractivity contribution >= 4 is 16.6 Å². The second-order valence-electron chi connectivity index (χ2n) is 6.02. The van der Waals surface area contributed by atoms with Crippen LogP contribution >= 0.6 is 0 Å². The van der Waals surface area contributed by atoms with Crippen molar-refractivity contribution in [3.8, 4) is 5.75 Å². The molecule has 1 saturated heterocycles. The molecule has 1 fully saturated rings. The van der Waals surface area contributed by atoms with Gasteiger partial charge in [0.2, 0.25) is 0 Å². The molecule has 0 amide bonds. The minimum atomic E-state index is 0.286. The summed E-state index contributed by atoms with van der Waals surface area (Å²) in [6, 6.07) is 8.10. The Morgan fingerprint density at radius 3 is 2.86 bits per heavy atom. The van der Waals surface area contributed by atoms with Gasteiger partial charge >= 0.3 is 0 Å². The number of rotatable bonds is 4. The van der Waals surface area contributed by atoms with E-state index in [1.165, 1.54) is 0 Å². The van der Waals surface area contributed by atoms with Gasteiger partial charge < -0.3 is 14.8 Å². The molecule has 1 N–H and O–H groups in total. The third-order valence-electron chi connectivity index (χ3n) is 4.35. The van der Waals surface area contributed by atoms with Gasteiger partial charge in [0.05, 0.1) is 7.11 Å². The first-order chi connectivity index (χ1) is 10.2. The molecule has 0 unspecified atom stereocenters. The van der Waals surface area contributed by atoms with Gasteiger partial charge in [0.15, 0.2) is 0 Å². The fourth-order valence-electron chi connectivity index (χ4n) is 2.76. The van der Waals surface area contributed by atoms with Gasteiger partial charge in [-0.3, -0.25) is 0 Å². The van der Waals surface area contributed by atoms with E-state index in [9.17, 15) is 0 Å². The zero-order valence-electron chi connectivity index (χ0n) is 12.7. The first-order valence-corrected chi connectivity index (χ1v) is 7.45. The van der Waals surface area contributed by atoms with E-state index in [2.05, 4.69) is 23.3 Å². The van der Waals surface area contributed by atoms with Gasteiger partial charge in [-0.15, -0.1) is 0 Å². The van der Waals surface area contributed by atoms with Crippen molar-refractivity contribution in [3.63, 3.8) is 0 Å². The molecular weight excluding hydrogens is 264 g/mol. The Bertz CT molecular complexity index is 621. The molecule has 0 bridgehead atoms. The Kier molecular flexibility index (Phi) is 3.97. The Morgan fingerprint density at radius 2 is 2.10 bits per heavy atom. The number of benzene rings is 1. The third kappa shape index (κ3) is 3.10. The van der Waals surface area contributed by atoms with Crippen molar-refractivity contribution in [1.82, 2.24) is 4.98 Å². The van der Waals surface area contributed by atoms with Gasteiger partial charge in [0, 0.05) is 31.3 Å². The molecule has 2 heterocycles. The summed E-state index contributed by atoms with van der Waals surface area (Å²) in [4.78, 5) is 4.49. The zero-order chi connectivity index (χ0) is 14.7. The standard InChI is InChI=1S/C17H22N2O2/c1-17(6-9-21-10-7-17)12-19-16-15-4-3-14(20-2)11-13(15)5-8-18-16/h3-5,8,11H,6-7,9-10,12H2,1-2H3,(H,18,19). The topological polar surface area (TPSA) is 43.4 Å². The van der Waals surface area contributed by atoms with Gasteiger partial charge in [-0.05, 0) is 47.9 Å². The maximum atomic E-state index is 5.46. The minimum Gasteiger partial charge on any atom is -0.497 e. The van der Waals surface area contributed by atoms with Crippen LogP contribution in [0.15, 0.2) is 30.5 Å². The van der Waals surface area contributed by atoms with E-state index in [1.807, 2.05) is 24.4 Å². The maximum Gasteiger partial charge on any atom is 0.133 e. The average Bonchev–Trinajstić information content (AvgIpc) is 2.53. The number of aromatic nitrogens is 1. The third-order valence-corrected chi connectivity index (χ3v) is 4.35. The summed E-state index contributed by atoms with van der Waals surface area (Å²) in [5, 5.41) is 5.80. The van der Waals surface area contributed by atoms with E-state index in [4.69, 9.17) is 9.47 Å². The lowest BCUT2D eigenvalue weighted by molar-refractivity contribution is 0.0300. The van der Waals surface area contributed by atoms with Crippen LogP contribution in [0.2, 0.25) is 0 Å². The number of nitrogens with zero attached hydrogens (tertiary/aromatic N) is 1. The fraction of sp³-hybridized carbons (Fsp3) is 0.471. The summed E-state index contributed by atoms with van der Waals surface area (Å²) in [6.45, 7) is 4.96. The lowest BCUT2D eigenvalue weighted by Crippen LogP contribution is -2.33. The van der Waals surface area contributed by atoms with Crippen LogP contribution in [0.1, 0.15) is 19.8 Å². The quantitative estimate of drug-likeness (QED) is 0.934. The summed E-state index contributed by atoms with van der Waals surface area (Å²) in [7, 11) is 1.69. The number of nitrogens with one attached hydrogen (secondary N) is 1. The van der Waals surface area contributed by atoms with Gasteiger partial charge in [0.25, 0.3) is 0 Å². The molecule has 1 aliphatic heterocycles. The Morgan fingerprint density at radius 1 is 1.29 bits per heavy atom. The van der Waals surface area contributed by atoms with Crippen molar-refractivity contribution in [2.45, 2.75) is 19.8 Å². The number of pyridine rings is 1. The largest absolute Gasteiger partial charge is 0.497 e. The summed E-state index contributed by atoms with van der Waals surface area (Å²) >= 11 is 0. The second-order valence-corrected chi connectivity index (χ2v) is 6.02. The molecule has 112 valence electrons. The molecular formula is C17H22N2O2. The zero-order valence-corrected chi connectivity index (χ0v) is 12.7. The highest BCUT2D eigenvalue weighted by Crippen LogP contribution is 2.31. The highest BCUT2D eigenvalue weighted by molar-refractivity contribution is 5.92. The molecule has 0 atom stereocenters. The predicted octanol–water partition coefficient (Wildman–Crippen LogP) is 3.47. The van der Waals surface area contributed by atoms with Gasteiger partial charge in [-0.25, -0.2) is 4.98 Å². The molecule has 1 aliphatic rings. The van der Waals surface area contributed by atoms with E-state index in [-0.39, 0.29) is 5.41 Å². The number of hydrogen-bond donors (Lipinski definition) is 1. The minimum absolute atomic E-state index is 0.286. The molecule has 4 nitrogen and oxygen atoms in total.